The van der Waals surface area contributed by atoms with E-state index in [0.717, 1.165) is 12.5 Å². The van der Waals surface area contributed by atoms with Gasteiger partial charge in [-0.15, -0.1) is 0 Å². The minimum Gasteiger partial charge on any atom is -0.399 e. The molecule has 0 heterocycles. The average molecular weight is 309 g/mol. The summed E-state index contributed by atoms with van der Waals surface area (Å²) in [5.41, 5.74) is 5.61. The van der Waals surface area contributed by atoms with E-state index < -0.39 is 20.7 Å². The molecule has 0 aromatic heterocycles. The van der Waals surface area contributed by atoms with Crippen molar-refractivity contribution >= 4 is 27.3 Å². The molecule has 1 atom stereocenters. The van der Waals surface area contributed by atoms with Gasteiger partial charge in [-0.1, -0.05) is 31.9 Å². The maximum absolute atomic E-state index is 13.8. The lowest BCUT2D eigenvalue weighted by Gasteiger charge is -2.17. The van der Waals surface area contributed by atoms with Crippen molar-refractivity contribution in [3.63, 3.8) is 0 Å². The van der Waals surface area contributed by atoms with Gasteiger partial charge in [0.05, 0.1) is 5.02 Å². The third kappa shape index (κ3) is 4.06. The van der Waals surface area contributed by atoms with Crippen molar-refractivity contribution in [2.45, 2.75) is 44.0 Å². The van der Waals surface area contributed by atoms with Gasteiger partial charge in [-0.2, -0.15) is 0 Å². The van der Waals surface area contributed by atoms with Crippen LogP contribution in [0.1, 0.15) is 33.1 Å². The third-order valence-electron chi connectivity index (χ3n) is 2.76. The Morgan fingerprint density at radius 3 is 2.58 bits per heavy atom. The Balaban J connectivity index is 3.13. The lowest BCUT2D eigenvalue weighted by atomic mass is 10.1. The fraction of sp³-hybridized carbons (Fsp3) is 0.500. The molecule has 0 spiro atoms. The SMILES string of the molecule is CCCC(CC)NS(=O)(=O)c1cc(N)cc(Cl)c1F. The number of hydrogen-bond donors (Lipinski definition) is 2. The van der Waals surface area contributed by atoms with Crippen LogP contribution in [0, 0.1) is 5.82 Å². The molecule has 3 N–H and O–H groups in total. The van der Waals surface area contributed by atoms with E-state index in [-0.39, 0.29) is 16.8 Å². The van der Waals surface area contributed by atoms with Crippen LogP contribution in [-0.2, 0) is 10.0 Å². The lowest BCUT2D eigenvalue weighted by molar-refractivity contribution is 0.506. The molecule has 1 rings (SSSR count). The van der Waals surface area contributed by atoms with E-state index in [1.807, 2.05) is 13.8 Å². The second kappa shape index (κ2) is 6.54. The van der Waals surface area contributed by atoms with Crippen molar-refractivity contribution in [3.05, 3.63) is 23.0 Å². The molecule has 1 unspecified atom stereocenters. The fourth-order valence-corrected chi connectivity index (χ4v) is 3.53. The number of benzene rings is 1. The summed E-state index contributed by atoms with van der Waals surface area (Å²) in [6, 6.07) is 2.02. The van der Waals surface area contributed by atoms with Crippen molar-refractivity contribution in [1.82, 2.24) is 4.72 Å². The molecular formula is C12H18ClFN2O2S. The van der Waals surface area contributed by atoms with Gasteiger partial charge in [-0.3, -0.25) is 0 Å². The molecule has 0 bridgehead atoms. The van der Waals surface area contributed by atoms with Gasteiger partial charge in [0.2, 0.25) is 10.0 Å². The standard InChI is InChI=1S/C12H18ClFN2O2S/c1-3-5-9(4-2)16-19(17,18)11-7-8(15)6-10(13)12(11)14/h6-7,9,16H,3-5,15H2,1-2H3. The zero-order chi connectivity index (χ0) is 14.6. The van der Waals surface area contributed by atoms with Crippen LogP contribution in [0.4, 0.5) is 10.1 Å². The summed E-state index contributed by atoms with van der Waals surface area (Å²) < 4.78 is 40.6. The first-order valence-corrected chi connectivity index (χ1v) is 7.94. The van der Waals surface area contributed by atoms with Crippen LogP contribution in [-0.4, -0.2) is 14.5 Å². The summed E-state index contributed by atoms with van der Waals surface area (Å²) in [6.45, 7) is 3.82. The molecule has 0 saturated carbocycles. The summed E-state index contributed by atoms with van der Waals surface area (Å²) in [5.74, 6) is -0.977. The molecule has 0 aliphatic carbocycles. The topological polar surface area (TPSA) is 72.2 Å². The van der Waals surface area contributed by atoms with E-state index in [1.54, 1.807) is 0 Å². The Labute approximate surface area is 118 Å². The molecule has 0 amide bonds. The van der Waals surface area contributed by atoms with E-state index in [4.69, 9.17) is 17.3 Å². The summed E-state index contributed by atoms with van der Waals surface area (Å²) in [4.78, 5) is -0.507. The van der Waals surface area contributed by atoms with Crippen LogP contribution in [0.25, 0.3) is 0 Å². The maximum Gasteiger partial charge on any atom is 0.243 e. The van der Waals surface area contributed by atoms with Crippen LogP contribution >= 0.6 is 11.6 Å². The minimum absolute atomic E-state index is 0.107. The number of rotatable bonds is 6. The van der Waals surface area contributed by atoms with Gasteiger partial charge >= 0.3 is 0 Å². The molecule has 0 saturated heterocycles. The smallest absolute Gasteiger partial charge is 0.243 e. The predicted molar refractivity (Wildman–Crippen MR) is 75.1 cm³/mol. The highest BCUT2D eigenvalue weighted by molar-refractivity contribution is 7.89. The summed E-state index contributed by atoms with van der Waals surface area (Å²) >= 11 is 5.61. The molecule has 1 aromatic rings. The van der Waals surface area contributed by atoms with Crippen molar-refractivity contribution in [2.75, 3.05) is 5.73 Å². The van der Waals surface area contributed by atoms with Crippen molar-refractivity contribution in [3.8, 4) is 0 Å². The Morgan fingerprint density at radius 1 is 1.42 bits per heavy atom. The lowest BCUT2D eigenvalue weighted by Crippen LogP contribution is -2.34. The number of anilines is 1. The van der Waals surface area contributed by atoms with Gasteiger partial charge in [0.15, 0.2) is 5.82 Å². The van der Waals surface area contributed by atoms with Gasteiger partial charge in [0, 0.05) is 11.7 Å². The second-order valence-corrected chi connectivity index (χ2v) is 6.42. The zero-order valence-electron chi connectivity index (χ0n) is 10.9. The molecule has 0 aliphatic rings. The van der Waals surface area contributed by atoms with Gasteiger partial charge in [0.25, 0.3) is 0 Å². The molecule has 0 radical (unpaired) electrons. The molecule has 0 aliphatic heterocycles. The first-order valence-electron chi connectivity index (χ1n) is 6.08. The van der Waals surface area contributed by atoms with Crippen LogP contribution in [0.15, 0.2) is 17.0 Å². The third-order valence-corrected chi connectivity index (χ3v) is 4.55. The average Bonchev–Trinajstić information content (AvgIpc) is 2.32. The van der Waals surface area contributed by atoms with Gasteiger partial charge < -0.3 is 5.73 Å². The van der Waals surface area contributed by atoms with Gasteiger partial charge in [-0.05, 0) is 25.0 Å². The minimum atomic E-state index is -3.96. The van der Waals surface area contributed by atoms with Gasteiger partial charge in [-0.25, -0.2) is 17.5 Å². The van der Waals surface area contributed by atoms with E-state index in [0.29, 0.717) is 12.8 Å². The van der Waals surface area contributed by atoms with E-state index in [1.165, 1.54) is 6.07 Å². The van der Waals surface area contributed by atoms with Crippen molar-refractivity contribution in [2.24, 2.45) is 0 Å². The van der Waals surface area contributed by atoms with Crippen LogP contribution in [0.3, 0.4) is 0 Å². The van der Waals surface area contributed by atoms with Crippen molar-refractivity contribution < 1.29 is 12.8 Å². The summed E-state index contributed by atoms with van der Waals surface area (Å²) in [6.07, 6.45) is 2.15. The quantitative estimate of drug-likeness (QED) is 0.794. The van der Waals surface area contributed by atoms with Gasteiger partial charge in [0.1, 0.15) is 4.90 Å². The number of halogens is 2. The Bertz CT molecular complexity index is 549. The molecule has 1 aromatic carbocycles. The highest BCUT2D eigenvalue weighted by atomic mass is 35.5. The molecule has 0 fully saturated rings. The highest BCUT2D eigenvalue weighted by Gasteiger charge is 2.24. The highest BCUT2D eigenvalue weighted by Crippen LogP contribution is 2.26. The first-order chi connectivity index (χ1) is 8.81. The van der Waals surface area contributed by atoms with E-state index in [2.05, 4.69) is 4.72 Å². The molecule has 108 valence electrons. The predicted octanol–water partition coefficient (Wildman–Crippen LogP) is 2.92. The second-order valence-electron chi connectivity index (χ2n) is 4.33. The van der Waals surface area contributed by atoms with E-state index in [9.17, 15) is 12.8 Å². The van der Waals surface area contributed by atoms with Crippen LogP contribution in [0.5, 0.6) is 0 Å². The number of hydrogen-bond acceptors (Lipinski definition) is 3. The van der Waals surface area contributed by atoms with Crippen LogP contribution in [0.2, 0.25) is 5.02 Å². The fourth-order valence-electron chi connectivity index (χ4n) is 1.76. The monoisotopic (exact) mass is 308 g/mol. The Hall–Kier alpha value is -0.850. The zero-order valence-corrected chi connectivity index (χ0v) is 12.5. The molecule has 7 heteroatoms. The number of sulfonamides is 1. The Morgan fingerprint density at radius 2 is 2.05 bits per heavy atom. The van der Waals surface area contributed by atoms with Crippen molar-refractivity contribution in [1.29, 1.82) is 0 Å². The normalized spacial score (nSPS) is 13.5. The summed E-state index contributed by atoms with van der Waals surface area (Å²) in [7, 11) is -3.96. The van der Waals surface area contributed by atoms with E-state index >= 15 is 0 Å². The molecular weight excluding hydrogens is 291 g/mol. The first kappa shape index (κ1) is 16.2. The number of nitrogens with two attached hydrogens (primary N) is 1. The molecule has 19 heavy (non-hydrogen) atoms. The maximum atomic E-state index is 13.8. The largest absolute Gasteiger partial charge is 0.399 e. The number of nitrogens with one attached hydrogen (secondary N) is 1. The molecule has 4 nitrogen and oxygen atoms in total. The van der Waals surface area contributed by atoms with Crippen LogP contribution < -0.4 is 10.5 Å². The number of nitrogen functional groups attached to an aromatic ring is 1. The summed E-state index contributed by atoms with van der Waals surface area (Å²) in [5, 5.41) is -0.302. The Kier molecular flexibility index (Phi) is 5.58.